The van der Waals surface area contributed by atoms with Gasteiger partial charge in [0.25, 0.3) is 5.91 Å². The van der Waals surface area contributed by atoms with Crippen molar-refractivity contribution in [2.45, 2.75) is 71.2 Å². The van der Waals surface area contributed by atoms with Crippen LogP contribution in [-0.4, -0.2) is 83.1 Å². The van der Waals surface area contributed by atoms with Crippen molar-refractivity contribution in [3.63, 3.8) is 0 Å². The number of nitrogens with one attached hydrogen (secondary N) is 3. The second kappa shape index (κ2) is 16.8. The number of hydrogen-bond donors (Lipinski definition) is 3. The number of ether oxygens (including phenoxy) is 4. The largest absolute Gasteiger partial charge is 0.494 e. The van der Waals surface area contributed by atoms with Crippen molar-refractivity contribution in [2.24, 2.45) is 5.92 Å². The van der Waals surface area contributed by atoms with Crippen LogP contribution in [0.5, 0.6) is 17.5 Å². The van der Waals surface area contributed by atoms with Gasteiger partial charge in [-0.2, -0.15) is 28.1 Å². The Morgan fingerprint density at radius 3 is 2.41 bits per heavy atom. The molecule has 3 N–H and O–H groups in total. The molecule has 1 aromatic heterocycles. The van der Waals surface area contributed by atoms with Crippen molar-refractivity contribution in [1.29, 1.82) is 0 Å². The van der Waals surface area contributed by atoms with Gasteiger partial charge in [0, 0.05) is 37.9 Å². The molecule has 1 saturated heterocycles. The van der Waals surface area contributed by atoms with Crippen LogP contribution >= 0.6 is 0 Å². The third-order valence-electron chi connectivity index (χ3n) is 7.89. The predicted octanol–water partition coefficient (Wildman–Crippen LogP) is 6.49. The van der Waals surface area contributed by atoms with Crippen LogP contribution in [0.25, 0.3) is 0 Å². The fourth-order valence-corrected chi connectivity index (χ4v) is 5.38. The minimum atomic E-state index is -4.60. The number of rotatable bonds is 5. The molecule has 0 aliphatic carbocycles. The molecule has 2 amide bonds. The first-order chi connectivity index (χ1) is 24.3. The summed E-state index contributed by atoms with van der Waals surface area (Å²) in [6.45, 7) is 6.39. The number of carbonyl (C=O) groups excluding carboxylic acids is 2. The van der Waals surface area contributed by atoms with Crippen molar-refractivity contribution in [3.05, 3.63) is 53.6 Å². The molecule has 276 valence electrons. The highest BCUT2D eigenvalue weighted by Gasteiger charge is 2.31. The van der Waals surface area contributed by atoms with Gasteiger partial charge in [0.1, 0.15) is 17.1 Å². The zero-order valence-electron chi connectivity index (χ0n) is 29.0. The van der Waals surface area contributed by atoms with Gasteiger partial charge in [-0.15, -0.1) is 0 Å². The zero-order valence-corrected chi connectivity index (χ0v) is 29.0. The summed E-state index contributed by atoms with van der Waals surface area (Å²) in [7, 11) is 0. The molecule has 3 aliphatic rings. The van der Waals surface area contributed by atoms with Crippen LogP contribution in [0.15, 0.2) is 42.5 Å². The lowest BCUT2D eigenvalue weighted by atomic mass is 10.1. The van der Waals surface area contributed by atoms with Crippen molar-refractivity contribution in [2.75, 3.05) is 50.1 Å². The number of likely N-dealkylation sites (tertiary alicyclic amines) is 1. The van der Waals surface area contributed by atoms with E-state index in [1.165, 1.54) is 0 Å². The summed E-state index contributed by atoms with van der Waals surface area (Å²) in [6, 6.07) is 11.7. The van der Waals surface area contributed by atoms with E-state index < -0.39 is 24.4 Å². The van der Waals surface area contributed by atoms with E-state index in [4.69, 9.17) is 18.9 Å². The van der Waals surface area contributed by atoms with Crippen molar-refractivity contribution < 1.29 is 41.7 Å². The number of halogens is 3. The number of benzene rings is 2. The van der Waals surface area contributed by atoms with Crippen molar-refractivity contribution in [1.82, 2.24) is 25.2 Å². The molecule has 2 aromatic carbocycles. The molecule has 3 aliphatic heterocycles. The van der Waals surface area contributed by atoms with E-state index in [0.29, 0.717) is 49.8 Å². The molecular formula is C35H44F3N7O6. The first-order valence-corrected chi connectivity index (χ1v) is 17.0. The number of alkyl halides is 3. The molecule has 0 radical (unpaired) electrons. The number of amides is 2. The smallest absolute Gasteiger partial charge is 0.422 e. The van der Waals surface area contributed by atoms with Crippen LogP contribution < -0.4 is 30.2 Å². The summed E-state index contributed by atoms with van der Waals surface area (Å²) in [6.07, 6.45) is -0.838. The topological polar surface area (TPSA) is 149 Å². The summed E-state index contributed by atoms with van der Waals surface area (Å²) in [5.41, 5.74) is 0.986. The second-order valence-corrected chi connectivity index (χ2v) is 13.4. The summed E-state index contributed by atoms with van der Waals surface area (Å²) in [4.78, 5) is 39.9. The molecule has 0 saturated carbocycles. The van der Waals surface area contributed by atoms with Gasteiger partial charge < -0.3 is 39.8 Å². The number of aromatic nitrogens is 3. The average molecular weight is 716 g/mol. The maximum atomic E-state index is 13.4. The maximum absolute atomic E-state index is 13.4. The van der Waals surface area contributed by atoms with Gasteiger partial charge in [0.15, 0.2) is 6.61 Å². The van der Waals surface area contributed by atoms with Crippen LogP contribution in [0.4, 0.5) is 35.5 Å². The van der Waals surface area contributed by atoms with E-state index in [2.05, 4.69) is 30.9 Å². The fourth-order valence-electron chi connectivity index (χ4n) is 5.38. The van der Waals surface area contributed by atoms with Crippen LogP contribution in [0.3, 0.4) is 0 Å². The predicted molar refractivity (Wildman–Crippen MR) is 183 cm³/mol. The molecule has 0 spiro atoms. The van der Waals surface area contributed by atoms with E-state index >= 15 is 0 Å². The molecule has 1 unspecified atom stereocenters. The van der Waals surface area contributed by atoms with Gasteiger partial charge in [-0.05, 0) is 88.6 Å². The minimum Gasteiger partial charge on any atom is -0.494 e. The molecule has 6 rings (SSSR count). The lowest BCUT2D eigenvalue weighted by molar-refractivity contribution is -0.154. The normalized spacial score (nSPS) is 17.1. The molecule has 1 atom stereocenters. The Balaban J connectivity index is 1.33. The number of carbonyl (C=O) groups is 2. The van der Waals surface area contributed by atoms with Gasteiger partial charge in [-0.3, -0.25) is 4.79 Å². The minimum absolute atomic E-state index is 0.0134. The Bertz CT molecular complexity index is 1640. The summed E-state index contributed by atoms with van der Waals surface area (Å²) >= 11 is 0. The molecule has 1 fully saturated rings. The Kier molecular flexibility index (Phi) is 12.3. The van der Waals surface area contributed by atoms with Crippen LogP contribution in [-0.2, 0) is 11.3 Å². The Labute approximate surface area is 294 Å². The first kappa shape index (κ1) is 37.2. The highest BCUT2D eigenvalue weighted by molar-refractivity contribution is 5.97. The maximum Gasteiger partial charge on any atom is 0.422 e. The van der Waals surface area contributed by atoms with E-state index in [1.54, 1.807) is 23.1 Å². The highest BCUT2D eigenvalue weighted by atomic mass is 19.4. The summed E-state index contributed by atoms with van der Waals surface area (Å²) < 4.78 is 61.2. The van der Waals surface area contributed by atoms with Crippen LogP contribution in [0.2, 0.25) is 0 Å². The molecule has 6 bridgehead atoms. The monoisotopic (exact) mass is 715 g/mol. The summed E-state index contributed by atoms with van der Waals surface area (Å²) in [5.74, 6) is 0.631. The lowest BCUT2D eigenvalue weighted by Crippen LogP contribution is -2.36. The van der Waals surface area contributed by atoms with E-state index in [-0.39, 0.29) is 36.4 Å². The van der Waals surface area contributed by atoms with Gasteiger partial charge in [0.2, 0.25) is 11.9 Å². The molecule has 51 heavy (non-hydrogen) atoms. The highest BCUT2D eigenvalue weighted by Crippen LogP contribution is 2.28. The second-order valence-electron chi connectivity index (χ2n) is 13.4. The van der Waals surface area contributed by atoms with E-state index in [1.807, 2.05) is 45.0 Å². The van der Waals surface area contributed by atoms with Gasteiger partial charge >= 0.3 is 18.3 Å². The Hall–Kier alpha value is -5.02. The average Bonchev–Trinajstić information content (AvgIpc) is 3.55. The lowest BCUT2D eigenvalue weighted by Gasteiger charge is -2.24. The SMILES string of the molecule is CC(C)(C)OC(=O)N1CCC(CNC(=O)c2ccc3cc2OCCCCCCOc2ccc(cc2)CNc2nc(nc(OCC(F)(F)F)n2)N3)C1. The number of anilines is 3. The third-order valence-corrected chi connectivity index (χ3v) is 7.89. The van der Waals surface area contributed by atoms with Crippen LogP contribution in [0.1, 0.15) is 68.8 Å². The number of hydrogen-bond acceptors (Lipinski definition) is 11. The van der Waals surface area contributed by atoms with E-state index in [9.17, 15) is 22.8 Å². The number of fused-ring (bicyclic) bond motifs is 10. The quantitative estimate of drug-likeness (QED) is 0.266. The Morgan fingerprint density at radius 1 is 0.961 bits per heavy atom. The zero-order chi connectivity index (χ0) is 36.4. The van der Waals surface area contributed by atoms with Crippen molar-refractivity contribution in [3.8, 4) is 17.5 Å². The molecular weight excluding hydrogens is 671 g/mol. The molecule has 16 heteroatoms. The van der Waals surface area contributed by atoms with Crippen LogP contribution in [0, 0.1) is 5.92 Å². The summed E-state index contributed by atoms with van der Waals surface area (Å²) in [5, 5.41) is 8.96. The van der Waals surface area contributed by atoms with Gasteiger partial charge in [-0.25, -0.2) is 4.79 Å². The van der Waals surface area contributed by atoms with E-state index in [0.717, 1.165) is 43.4 Å². The molecule has 4 heterocycles. The number of nitrogens with zero attached hydrogens (tertiary/aromatic N) is 4. The molecule has 3 aromatic rings. The van der Waals surface area contributed by atoms with Crippen molar-refractivity contribution >= 4 is 29.6 Å². The fraction of sp³-hybridized carbons (Fsp3) is 0.514. The van der Waals surface area contributed by atoms with Gasteiger partial charge in [-0.1, -0.05) is 12.1 Å². The molecule has 13 nitrogen and oxygen atoms in total. The van der Waals surface area contributed by atoms with Gasteiger partial charge in [0.05, 0.1) is 18.8 Å². The first-order valence-electron chi connectivity index (χ1n) is 17.0. The third kappa shape index (κ3) is 12.1. The Morgan fingerprint density at radius 2 is 1.69 bits per heavy atom. The standard InChI is InChI=1S/C35H44F3N7O6/c1-34(2,3)51-33(47)45-15-14-24(21-45)20-39-29(46)27-13-10-25-18-28(27)49-17-7-5-4-6-16-48-26-11-8-23(9-12-26)19-40-30-42-31(41-25)44-32(43-30)50-22-35(36,37)38/h8-13,18,24H,4-7,14-17,19-22H2,1-3H3,(H,39,46)(H2,40,41,42,43,44).